The standard InChI is InChI=1S/C19H22N2O4S/c1-2-25-19(22)16-11-6-7-13-18(16)26(23,24)20-21-14-8-12-17(21)15-9-4-3-5-10-15/h3-5,8-12,14,18,20H,2,6-7,13H2,1H3. The van der Waals surface area contributed by atoms with Crippen LogP contribution in [0.15, 0.2) is 60.3 Å². The number of benzene rings is 1. The minimum atomic E-state index is -3.81. The van der Waals surface area contributed by atoms with Gasteiger partial charge in [-0.05, 0) is 38.3 Å². The summed E-state index contributed by atoms with van der Waals surface area (Å²) in [4.78, 5) is 14.8. The van der Waals surface area contributed by atoms with Gasteiger partial charge in [0.2, 0.25) is 0 Å². The van der Waals surface area contributed by atoms with E-state index in [9.17, 15) is 13.2 Å². The van der Waals surface area contributed by atoms with Gasteiger partial charge in [-0.2, -0.15) is 0 Å². The number of carbonyl (C=O) groups is 1. The molecule has 0 amide bonds. The lowest BCUT2D eigenvalue weighted by Crippen LogP contribution is -2.38. The second-order valence-corrected chi connectivity index (χ2v) is 7.91. The highest BCUT2D eigenvalue weighted by Gasteiger charge is 2.35. The van der Waals surface area contributed by atoms with Crippen LogP contribution in [0.25, 0.3) is 11.3 Å². The van der Waals surface area contributed by atoms with E-state index < -0.39 is 21.2 Å². The van der Waals surface area contributed by atoms with Crippen LogP contribution in [0, 0.1) is 0 Å². The maximum absolute atomic E-state index is 13.0. The Balaban J connectivity index is 1.88. The van der Waals surface area contributed by atoms with E-state index in [2.05, 4.69) is 4.83 Å². The molecule has 1 N–H and O–H groups in total. The minimum Gasteiger partial charge on any atom is -0.463 e. The summed E-state index contributed by atoms with van der Waals surface area (Å²) in [6, 6.07) is 13.1. The van der Waals surface area contributed by atoms with Crippen LogP contribution in [0.3, 0.4) is 0 Å². The molecular formula is C19H22N2O4S. The summed E-state index contributed by atoms with van der Waals surface area (Å²) in [6.45, 7) is 1.92. The molecule has 2 aromatic rings. The molecule has 3 rings (SSSR count). The predicted octanol–water partition coefficient (Wildman–Crippen LogP) is 3.07. The van der Waals surface area contributed by atoms with Crippen molar-refractivity contribution in [3.8, 4) is 11.3 Å². The van der Waals surface area contributed by atoms with E-state index in [1.807, 2.05) is 36.4 Å². The molecule has 0 bridgehead atoms. The first kappa shape index (κ1) is 18.3. The zero-order valence-corrected chi connectivity index (χ0v) is 15.4. The third kappa shape index (κ3) is 3.83. The van der Waals surface area contributed by atoms with Crippen LogP contribution in [-0.4, -0.2) is 30.9 Å². The van der Waals surface area contributed by atoms with Gasteiger partial charge in [-0.3, -0.25) is 4.68 Å². The molecule has 1 atom stereocenters. The largest absolute Gasteiger partial charge is 0.463 e. The van der Waals surface area contributed by atoms with E-state index in [0.717, 1.165) is 11.3 Å². The number of sulfonamides is 1. The third-order valence-corrected chi connectivity index (χ3v) is 6.00. The van der Waals surface area contributed by atoms with Crippen molar-refractivity contribution in [1.29, 1.82) is 0 Å². The summed E-state index contributed by atoms with van der Waals surface area (Å²) in [6.07, 6.45) is 5.11. The molecule has 26 heavy (non-hydrogen) atoms. The average Bonchev–Trinajstić information content (AvgIpc) is 3.10. The van der Waals surface area contributed by atoms with Crippen molar-refractivity contribution in [2.24, 2.45) is 0 Å². The van der Waals surface area contributed by atoms with Crippen LogP contribution in [0.4, 0.5) is 0 Å². The Morgan fingerprint density at radius 1 is 1.23 bits per heavy atom. The summed E-state index contributed by atoms with van der Waals surface area (Å²) in [5.74, 6) is -0.557. The van der Waals surface area contributed by atoms with Crippen molar-refractivity contribution >= 4 is 16.0 Å². The van der Waals surface area contributed by atoms with Crippen LogP contribution in [0.2, 0.25) is 0 Å². The first-order chi connectivity index (χ1) is 12.5. The van der Waals surface area contributed by atoms with Crippen LogP contribution in [0.5, 0.6) is 0 Å². The van der Waals surface area contributed by atoms with Crippen molar-refractivity contribution in [3.05, 3.63) is 60.3 Å². The van der Waals surface area contributed by atoms with E-state index in [4.69, 9.17) is 4.74 Å². The molecule has 0 radical (unpaired) electrons. The number of esters is 1. The van der Waals surface area contributed by atoms with Gasteiger partial charge in [0.1, 0.15) is 5.25 Å². The smallest absolute Gasteiger partial charge is 0.335 e. The predicted molar refractivity (Wildman–Crippen MR) is 101 cm³/mol. The number of hydrogen-bond donors (Lipinski definition) is 1. The van der Waals surface area contributed by atoms with Gasteiger partial charge in [-0.15, -0.1) is 0 Å². The van der Waals surface area contributed by atoms with Crippen LogP contribution < -0.4 is 4.83 Å². The maximum Gasteiger partial charge on any atom is 0.335 e. The van der Waals surface area contributed by atoms with Crippen molar-refractivity contribution < 1.29 is 17.9 Å². The highest BCUT2D eigenvalue weighted by atomic mass is 32.2. The Bertz CT molecular complexity index is 901. The summed E-state index contributed by atoms with van der Waals surface area (Å²) in [5.41, 5.74) is 1.84. The second-order valence-electron chi connectivity index (χ2n) is 6.07. The summed E-state index contributed by atoms with van der Waals surface area (Å²) in [5, 5.41) is -0.915. The Morgan fingerprint density at radius 3 is 2.73 bits per heavy atom. The summed E-state index contributed by atoms with van der Waals surface area (Å²) < 4.78 is 32.5. The fourth-order valence-corrected chi connectivity index (χ4v) is 4.67. The Kier molecular flexibility index (Phi) is 5.46. The Hall–Kier alpha value is -2.54. The number of aromatic nitrogens is 1. The summed E-state index contributed by atoms with van der Waals surface area (Å²) >= 11 is 0. The molecule has 1 aliphatic carbocycles. The molecule has 7 heteroatoms. The Labute approximate surface area is 153 Å². The molecule has 0 spiro atoms. The average molecular weight is 374 g/mol. The zero-order valence-electron chi connectivity index (χ0n) is 14.6. The minimum absolute atomic E-state index is 0.214. The van der Waals surface area contributed by atoms with Gasteiger partial charge in [0, 0.05) is 11.8 Å². The number of nitrogens with zero attached hydrogens (tertiary/aromatic N) is 1. The van der Waals surface area contributed by atoms with Gasteiger partial charge in [0.05, 0.1) is 17.9 Å². The van der Waals surface area contributed by atoms with Gasteiger partial charge in [-0.25, -0.2) is 18.0 Å². The van der Waals surface area contributed by atoms with E-state index in [1.165, 1.54) is 4.68 Å². The number of allylic oxidation sites excluding steroid dienone is 1. The quantitative estimate of drug-likeness (QED) is 0.789. The molecule has 1 unspecified atom stereocenters. The number of hydrogen-bond acceptors (Lipinski definition) is 4. The fraction of sp³-hybridized carbons (Fsp3) is 0.316. The van der Waals surface area contributed by atoms with Crippen molar-refractivity contribution in [2.45, 2.75) is 31.4 Å². The van der Waals surface area contributed by atoms with Crippen molar-refractivity contribution in [2.75, 3.05) is 11.4 Å². The molecule has 1 aromatic heterocycles. The van der Waals surface area contributed by atoms with E-state index in [-0.39, 0.29) is 12.2 Å². The van der Waals surface area contributed by atoms with Crippen molar-refractivity contribution in [1.82, 2.24) is 4.68 Å². The van der Waals surface area contributed by atoms with Gasteiger partial charge in [-0.1, -0.05) is 36.4 Å². The Morgan fingerprint density at radius 2 is 2.00 bits per heavy atom. The van der Waals surface area contributed by atoms with Gasteiger partial charge in [0.25, 0.3) is 10.0 Å². The van der Waals surface area contributed by atoms with Gasteiger partial charge < -0.3 is 4.74 Å². The molecule has 6 nitrogen and oxygen atoms in total. The lowest BCUT2D eigenvalue weighted by Gasteiger charge is -2.24. The normalized spacial score (nSPS) is 17.4. The lowest BCUT2D eigenvalue weighted by atomic mass is 9.99. The molecule has 1 heterocycles. The SMILES string of the molecule is CCOC(=O)C1=CCCCC1S(=O)(=O)Nn1cccc1-c1ccccc1. The van der Waals surface area contributed by atoms with Crippen LogP contribution in [-0.2, 0) is 19.6 Å². The molecule has 138 valence electrons. The first-order valence-electron chi connectivity index (χ1n) is 8.64. The second kappa shape index (κ2) is 7.78. The van der Waals surface area contributed by atoms with E-state index >= 15 is 0 Å². The van der Waals surface area contributed by atoms with E-state index in [1.54, 1.807) is 25.3 Å². The maximum atomic E-state index is 13.0. The highest BCUT2D eigenvalue weighted by Crippen LogP contribution is 2.27. The van der Waals surface area contributed by atoms with Gasteiger partial charge >= 0.3 is 5.97 Å². The fourth-order valence-electron chi connectivity index (χ4n) is 3.10. The molecule has 1 aliphatic rings. The zero-order chi connectivity index (χ0) is 18.6. The number of carbonyl (C=O) groups excluding carboxylic acids is 1. The lowest BCUT2D eigenvalue weighted by molar-refractivity contribution is -0.138. The highest BCUT2D eigenvalue weighted by molar-refractivity contribution is 7.93. The number of nitrogens with one attached hydrogen (secondary N) is 1. The summed E-state index contributed by atoms with van der Waals surface area (Å²) in [7, 11) is -3.81. The molecule has 1 aromatic carbocycles. The topological polar surface area (TPSA) is 77.4 Å². The molecule has 0 saturated carbocycles. The number of rotatable bonds is 6. The molecule has 0 saturated heterocycles. The molecular weight excluding hydrogens is 352 g/mol. The van der Waals surface area contributed by atoms with Crippen LogP contribution in [0.1, 0.15) is 26.2 Å². The van der Waals surface area contributed by atoms with Gasteiger partial charge in [0.15, 0.2) is 0 Å². The van der Waals surface area contributed by atoms with Crippen molar-refractivity contribution in [3.63, 3.8) is 0 Å². The first-order valence-corrected chi connectivity index (χ1v) is 10.2. The molecule has 0 fully saturated rings. The van der Waals surface area contributed by atoms with E-state index in [0.29, 0.717) is 19.3 Å². The molecule has 0 aliphatic heterocycles. The third-order valence-electron chi connectivity index (χ3n) is 4.31. The monoisotopic (exact) mass is 374 g/mol. The van der Waals surface area contributed by atoms with Crippen LogP contribution >= 0.6 is 0 Å². The number of ether oxygens (including phenoxy) is 1.